The maximum atomic E-state index is 5.20. The number of alkyl halides is 1. The van der Waals surface area contributed by atoms with Crippen molar-refractivity contribution in [2.24, 2.45) is 0 Å². The van der Waals surface area contributed by atoms with Gasteiger partial charge < -0.3 is 4.42 Å². The lowest BCUT2D eigenvalue weighted by atomic mass is 9.80. The highest BCUT2D eigenvalue weighted by molar-refractivity contribution is 9.09. The van der Waals surface area contributed by atoms with Crippen LogP contribution in [0.25, 0.3) is 0 Å². The number of hydrogen-bond acceptors (Lipinski definition) is 1. The highest BCUT2D eigenvalue weighted by Gasteiger charge is 2.25. The molecule has 0 N–H and O–H groups in total. The molecule has 0 aliphatic heterocycles. The zero-order valence-corrected chi connectivity index (χ0v) is 10.3. The summed E-state index contributed by atoms with van der Waals surface area (Å²) in [6, 6.07) is 0. The van der Waals surface area contributed by atoms with Crippen molar-refractivity contribution in [3.05, 3.63) is 23.7 Å². The van der Waals surface area contributed by atoms with Crippen molar-refractivity contribution in [1.82, 2.24) is 0 Å². The van der Waals surface area contributed by atoms with Gasteiger partial charge in [-0.2, -0.15) is 0 Å². The molecule has 1 aromatic heterocycles. The van der Waals surface area contributed by atoms with Crippen molar-refractivity contribution in [2.45, 2.75) is 44.4 Å². The van der Waals surface area contributed by atoms with Crippen molar-refractivity contribution in [1.29, 1.82) is 0 Å². The van der Waals surface area contributed by atoms with Crippen LogP contribution >= 0.6 is 15.9 Å². The van der Waals surface area contributed by atoms with E-state index in [1.165, 1.54) is 11.1 Å². The van der Waals surface area contributed by atoms with Crippen molar-refractivity contribution in [2.75, 3.05) is 0 Å². The molecule has 1 nitrogen and oxygen atoms in total. The van der Waals surface area contributed by atoms with Gasteiger partial charge in [-0.1, -0.05) is 36.7 Å². The molecule has 0 aliphatic rings. The van der Waals surface area contributed by atoms with Gasteiger partial charge in [-0.05, 0) is 29.9 Å². The zero-order valence-electron chi connectivity index (χ0n) is 8.73. The van der Waals surface area contributed by atoms with Gasteiger partial charge in [0, 0.05) is 4.83 Å². The Morgan fingerprint density at radius 2 is 2.08 bits per heavy atom. The fraction of sp³-hybridized carbons (Fsp3) is 0.636. The van der Waals surface area contributed by atoms with Crippen LogP contribution in [0.5, 0.6) is 0 Å². The Hall–Kier alpha value is -0.240. The van der Waals surface area contributed by atoms with Crippen LogP contribution in [0, 0.1) is 6.92 Å². The summed E-state index contributed by atoms with van der Waals surface area (Å²) in [7, 11) is 0. The Labute approximate surface area is 88.6 Å². The van der Waals surface area contributed by atoms with Crippen LogP contribution in [-0.4, -0.2) is 4.83 Å². The molecule has 0 saturated carbocycles. The topological polar surface area (TPSA) is 13.1 Å². The standard InChI is InChI=1S/C11H17BrO/c1-8-6-13-7-10(8)11(3,4)5-9(2)12/h6-7,9H,5H2,1-4H3. The predicted octanol–water partition coefficient (Wildman–Crippen LogP) is 4.04. The summed E-state index contributed by atoms with van der Waals surface area (Å²) in [6.45, 7) is 8.78. The molecule has 0 aliphatic carbocycles. The second-order valence-corrected chi connectivity index (χ2v) is 5.90. The predicted molar refractivity (Wildman–Crippen MR) is 59.5 cm³/mol. The number of furan rings is 1. The molecule has 0 spiro atoms. The maximum Gasteiger partial charge on any atom is 0.0942 e. The van der Waals surface area contributed by atoms with Crippen LogP contribution in [0.15, 0.2) is 16.9 Å². The van der Waals surface area contributed by atoms with E-state index in [1.54, 1.807) is 0 Å². The van der Waals surface area contributed by atoms with Crippen LogP contribution in [0.3, 0.4) is 0 Å². The van der Waals surface area contributed by atoms with Gasteiger partial charge in [0.05, 0.1) is 12.5 Å². The monoisotopic (exact) mass is 244 g/mol. The van der Waals surface area contributed by atoms with Gasteiger partial charge in [0.15, 0.2) is 0 Å². The normalized spacial score (nSPS) is 14.5. The Bertz CT molecular complexity index is 273. The molecule has 1 atom stereocenters. The molecule has 1 heterocycles. The molecule has 1 unspecified atom stereocenters. The largest absolute Gasteiger partial charge is 0.472 e. The van der Waals surface area contributed by atoms with E-state index in [2.05, 4.69) is 43.6 Å². The molecule has 1 rings (SSSR count). The van der Waals surface area contributed by atoms with E-state index >= 15 is 0 Å². The highest BCUT2D eigenvalue weighted by Crippen LogP contribution is 2.32. The van der Waals surface area contributed by atoms with E-state index in [0.717, 1.165) is 6.42 Å². The minimum Gasteiger partial charge on any atom is -0.472 e. The number of hydrogen-bond donors (Lipinski definition) is 0. The number of halogens is 1. The first kappa shape index (κ1) is 10.8. The van der Waals surface area contributed by atoms with Gasteiger partial charge in [0.1, 0.15) is 0 Å². The van der Waals surface area contributed by atoms with E-state index in [1.807, 2.05) is 12.5 Å². The van der Waals surface area contributed by atoms with Crippen molar-refractivity contribution >= 4 is 15.9 Å². The molecular weight excluding hydrogens is 228 g/mol. The molecule has 2 heteroatoms. The summed E-state index contributed by atoms with van der Waals surface area (Å²) in [5.74, 6) is 0. The minimum atomic E-state index is 0.194. The second kappa shape index (κ2) is 3.87. The first-order chi connectivity index (χ1) is 5.93. The fourth-order valence-corrected chi connectivity index (χ4v) is 2.68. The molecule has 0 amide bonds. The Balaban J connectivity index is 2.87. The third-order valence-electron chi connectivity index (χ3n) is 2.38. The van der Waals surface area contributed by atoms with Gasteiger partial charge in [-0.15, -0.1) is 0 Å². The van der Waals surface area contributed by atoms with Crippen LogP contribution in [0.1, 0.15) is 38.3 Å². The third-order valence-corrected chi connectivity index (χ3v) is 2.70. The molecule has 74 valence electrons. The quantitative estimate of drug-likeness (QED) is 0.732. The molecule has 0 fully saturated rings. The molecule has 0 saturated heterocycles. The first-order valence-corrected chi connectivity index (χ1v) is 5.52. The molecule has 0 aromatic carbocycles. The number of aryl methyl sites for hydroxylation is 1. The Kier molecular flexibility index (Phi) is 3.23. The van der Waals surface area contributed by atoms with E-state index < -0.39 is 0 Å². The lowest BCUT2D eigenvalue weighted by molar-refractivity contribution is 0.469. The van der Waals surface area contributed by atoms with Crippen LogP contribution in [0.2, 0.25) is 0 Å². The van der Waals surface area contributed by atoms with Crippen LogP contribution in [0.4, 0.5) is 0 Å². The Morgan fingerprint density at radius 3 is 2.46 bits per heavy atom. The lowest BCUT2D eigenvalue weighted by Crippen LogP contribution is -2.20. The van der Waals surface area contributed by atoms with Crippen molar-refractivity contribution in [3.8, 4) is 0 Å². The highest BCUT2D eigenvalue weighted by atomic mass is 79.9. The van der Waals surface area contributed by atoms with E-state index in [9.17, 15) is 0 Å². The van der Waals surface area contributed by atoms with Crippen LogP contribution < -0.4 is 0 Å². The minimum absolute atomic E-state index is 0.194. The average molecular weight is 245 g/mol. The molecule has 0 bridgehead atoms. The second-order valence-electron chi connectivity index (χ2n) is 4.34. The van der Waals surface area contributed by atoms with Gasteiger partial charge in [0.2, 0.25) is 0 Å². The summed E-state index contributed by atoms with van der Waals surface area (Å²) in [6.07, 6.45) is 4.80. The fourth-order valence-electron chi connectivity index (χ4n) is 1.87. The van der Waals surface area contributed by atoms with E-state index in [4.69, 9.17) is 4.42 Å². The summed E-state index contributed by atoms with van der Waals surface area (Å²) >= 11 is 3.59. The van der Waals surface area contributed by atoms with Gasteiger partial charge in [0.25, 0.3) is 0 Å². The SMILES string of the molecule is Cc1cocc1C(C)(C)CC(C)Br. The first-order valence-electron chi connectivity index (χ1n) is 4.61. The average Bonchev–Trinajstić information content (AvgIpc) is 2.32. The maximum absolute atomic E-state index is 5.20. The summed E-state index contributed by atoms with van der Waals surface area (Å²) in [5.41, 5.74) is 2.76. The molecule has 0 radical (unpaired) electrons. The third kappa shape index (κ3) is 2.60. The summed E-state index contributed by atoms with van der Waals surface area (Å²) in [4.78, 5) is 0.539. The van der Waals surface area contributed by atoms with Crippen molar-refractivity contribution in [3.63, 3.8) is 0 Å². The number of rotatable bonds is 3. The van der Waals surface area contributed by atoms with E-state index in [0.29, 0.717) is 4.83 Å². The molecule has 1 aromatic rings. The molecular formula is C11H17BrO. The van der Waals surface area contributed by atoms with Gasteiger partial charge >= 0.3 is 0 Å². The Morgan fingerprint density at radius 1 is 1.46 bits per heavy atom. The van der Waals surface area contributed by atoms with Gasteiger partial charge in [-0.3, -0.25) is 0 Å². The van der Waals surface area contributed by atoms with E-state index in [-0.39, 0.29) is 5.41 Å². The summed E-state index contributed by atoms with van der Waals surface area (Å²) in [5, 5.41) is 0. The van der Waals surface area contributed by atoms with Crippen molar-refractivity contribution < 1.29 is 4.42 Å². The van der Waals surface area contributed by atoms with Crippen LogP contribution in [-0.2, 0) is 5.41 Å². The van der Waals surface area contributed by atoms with Gasteiger partial charge in [-0.25, -0.2) is 0 Å². The summed E-state index contributed by atoms with van der Waals surface area (Å²) < 4.78 is 5.20. The smallest absolute Gasteiger partial charge is 0.0942 e. The molecule has 13 heavy (non-hydrogen) atoms. The zero-order chi connectivity index (χ0) is 10.1. The lowest BCUT2D eigenvalue weighted by Gasteiger charge is -2.25.